The number of hydrogen-bond acceptors (Lipinski definition) is 4. The molecule has 2 atom stereocenters. The summed E-state index contributed by atoms with van der Waals surface area (Å²) in [6, 6.07) is 8.32. The lowest BCUT2D eigenvalue weighted by Crippen LogP contribution is -2.32. The van der Waals surface area contributed by atoms with Crippen molar-refractivity contribution in [1.29, 1.82) is 0 Å². The SMILES string of the molecule is Cc1ccc(C(=O)NC[C@@H]2CCN(C)[C@H]2c2cccnc2)s1. The van der Waals surface area contributed by atoms with E-state index in [9.17, 15) is 4.79 Å². The number of likely N-dealkylation sites (tertiary alicyclic amines) is 1. The van der Waals surface area contributed by atoms with Gasteiger partial charge in [0, 0.05) is 29.9 Å². The number of carbonyl (C=O) groups excluding carboxylic acids is 1. The average molecular weight is 315 g/mol. The van der Waals surface area contributed by atoms with Crippen LogP contribution in [0.1, 0.15) is 32.6 Å². The van der Waals surface area contributed by atoms with Crippen molar-refractivity contribution in [1.82, 2.24) is 15.2 Å². The number of nitrogens with zero attached hydrogens (tertiary/aromatic N) is 2. The molecule has 0 spiro atoms. The van der Waals surface area contributed by atoms with Crippen LogP contribution in [0.2, 0.25) is 0 Å². The maximum Gasteiger partial charge on any atom is 0.261 e. The minimum atomic E-state index is 0.0394. The lowest BCUT2D eigenvalue weighted by Gasteiger charge is -2.25. The molecule has 0 aromatic carbocycles. The largest absolute Gasteiger partial charge is 0.351 e. The molecule has 3 heterocycles. The average Bonchev–Trinajstić information content (AvgIpc) is 3.12. The Labute approximate surface area is 135 Å². The first-order valence-electron chi connectivity index (χ1n) is 7.60. The van der Waals surface area contributed by atoms with Gasteiger partial charge in [0.2, 0.25) is 0 Å². The first-order chi connectivity index (χ1) is 10.6. The van der Waals surface area contributed by atoms with Crippen LogP contribution in [0.3, 0.4) is 0 Å². The molecular weight excluding hydrogens is 294 g/mol. The second-order valence-electron chi connectivity index (χ2n) is 5.88. The maximum absolute atomic E-state index is 12.2. The van der Waals surface area contributed by atoms with E-state index < -0.39 is 0 Å². The van der Waals surface area contributed by atoms with E-state index in [-0.39, 0.29) is 5.91 Å². The summed E-state index contributed by atoms with van der Waals surface area (Å²) in [4.78, 5) is 20.8. The third kappa shape index (κ3) is 3.20. The van der Waals surface area contributed by atoms with E-state index in [0.29, 0.717) is 18.5 Å². The van der Waals surface area contributed by atoms with Gasteiger partial charge < -0.3 is 5.32 Å². The molecule has 2 aromatic heterocycles. The molecule has 4 nitrogen and oxygen atoms in total. The monoisotopic (exact) mass is 315 g/mol. The van der Waals surface area contributed by atoms with Crippen LogP contribution < -0.4 is 5.32 Å². The number of aryl methyl sites for hydroxylation is 1. The number of pyridine rings is 1. The third-order valence-electron chi connectivity index (χ3n) is 4.29. The molecule has 1 aliphatic rings. The van der Waals surface area contributed by atoms with E-state index in [2.05, 4.69) is 28.3 Å². The zero-order chi connectivity index (χ0) is 15.5. The normalized spacial score (nSPS) is 21.9. The van der Waals surface area contributed by atoms with Crippen LogP contribution in [0.5, 0.6) is 0 Å². The zero-order valence-corrected chi connectivity index (χ0v) is 13.8. The summed E-state index contributed by atoms with van der Waals surface area (Å²) in [5.41, 5.74) is 1.23. The smallest absolute Gasteiger partial charge is 0.261 e. The molecule has 22 heavy (non-hydrogen) atoms. The Morgan fingerprint density at radius 1 is 1.45 bits per heavy atom. The Morgan fingerprint density at radius 2 is 2.32 bits per heavy atom. The summed E-state index contributed by atoms with van der Waals surface area (Å²) in [6.45, 7) is 3.78. The van der Waals surface area contributed by atoms with Crippen LogP contribution in [0.4, 0.5) is 0 Å². The number of aromatic nitrogens is 1. The van der Waals surface area contributed by atoms with Crippen molar-refractivity contribution in [2.45, 2.75) is 19.4 Å². The van der Waals surface area contributed by atoms with Gasteiger partial charge in [-0.05, 0) is 56.6 Å². The van der Waals surface area contributed by atoms with E-state index >= 15 is 0 Å². The topological polar surface area (TPSA) is 45.2 Å². The van der Waals surface area contributed by atoms with Crippen LogP contribution in [0.25, 0.3) is 0 Å². The second kappa shape index (κ2) is 6.58. The van der Waals surface area contributed by atoms with Crippen molar-refractivity contribution >= 4 is 17.2 Å². The van der Waals surface area contributed by atoms with Gasteiger partial charge in [0.15, 0.2) is 0 Å². The van der Waals surface area contributed by atoms with E-state index in [1.165, 1.54) is 10.4 Å². The van der Waals surface area contributed by atoms with Gasteiger partial charge in [0.05, 0.1) is 4.88 Å². The summed E-state index contributed by atoms with van der Waals surface area (Å²) in [5.74, 6) is 0.469. The zero-order valence-electron chi connectivity index (χ0n) is 13.0. The summed E-state index contributed by atoms with van der Waals surface area (Å²) in [6.07, 6.45) is 4.83. The van der Waals surface area contributed by atoms with Crippen molar-refractivity contribution in [3.8, 4) is 0 Å². The molecule has 0 saturated carbocycles. The molecule has 1 aliphatic heterocycles. The van der Waals surface area contributed by atoms with Gasteiger partial charge >= 0.3 is 0 Å². The van der Waals surface area contributed by atoms with Gasteiger partial charge in [0.1, 0.15) is 0 Å². The second-order valence-corrected chi connectivity index (χ2v) is 7.17. The first kappa shape index (κ1) is 15.2. The standard InChI is InChI=1S/C17H21N3OS/c1-12-5-6-15(22-12)17(21)19-11-14-7-9-20(2)16(14)13-4-3-8-18-10-13/h3-6,8,10,14,16H,7,9,11H2,1-2H3,(H,19,21)/t14-,16-/m0/s1. The number of amides is 1. The van der Waals surface area contributed by atoms with Crippen LogP contribution in [-0.2, 0) is 0 Å². The van der Waals surface area contributed by atoms with E-state index in [4.69, 9.17) is 0 Å². The van der Waals surface area contributed by atoms with E-state index in [1.54, 1.807) is 17.5 Å². The summed E-state index contributed by atoms with van der Waals surface area (Å²) >= 11 is 1.54. The number of carbonyl (C=O) groups is 1. The van der Waals surface area contributed by atoms with Crippen molar-refractivity contribution in [3.05, 3.63) is 52.0 Å². The third-order valence-corrected chi connectivity index (χ3v) is 5.29. The molecule has 116 valence electrons. The molecule has 1 saturated heterocycles. The van der Waals surface area contributed by atoms with Gasteiger partial charge in [-0.1, -0.05) is 6.07 Å². The van der Waals surface area contributed by atoms with Gasteiger partial charge in [-0.15, -0.1) is 11.3 Å². The highest BCUT2D eigenvalue weighted by Crippen LogP contribution is 2.35. The van der Waals surface area contributed by atoms with Crippen molar-refractivity contribution in [2.75, 3.05) is 20.1 Å². The minimum absolute atomic E-state index is 0.0394. The summed E-state index contributed by atoms with van der Waals surface area (Å²) in [5, 5.41) is 3.10. The summed E-state index contributed by atoms with van der Waals surface area (Å²) in [7, 11) is 2.14. The van der Waals surface area contributed by atoms with Crippen LogP contribution in [0, 0.1) is 12.8 Å². The van der Waals surface area contributed by atoms with Gasteiger partial charge in [0.25, 0.3) is 5.91 Å². The molecule has 0 bridgehead atoms. The van der Waals surface area contributed by atoms with Crippen LogP contribution in [-0.4, -0.2) is 35.9 Å². The van der Waals surface area contributed by atoms with Gasteiger partial charge in [-0.3, -0.25) is 14.7 Å². The number of nitrogens with one attached hydrogen (secondary N) is 1. The predicted molar refractivity (Wildman–Crippen MR) is 89.1 cm³/mol. The van der Waals surface area contributed by atoms with Crippen LogP contribution in [0.15, 0.2) is 36.7 Å². The highest BCUT2D eigenvalue weighted by atomic mass is 32.1. The number of hydrogen-bond donors (Lipinski definition) is 1. The maximum atomic E-state index is 12.2. The van der Waals surface area contributed by atoms with Gasteiger partial charge in [-0.2, -0.15) is 0 Å². The number of thiophene rings is 1. The molecule has 1 fully saturated rings. The van der Waals surface area contributed by atoms with Crippen LogP contribution >= 0.6 is 11.3 Å². The summed E-state index contributed by atoms with van der Waals surface area (Å²) < 4.78 is 0. The molecule has 3 rings (SSSR count). The molecule has 0 aliphatic carbocycles. The molecular formula is C17H21N3OS. The highest BCUT2D eigenvalue weighted by Gasteiger charge is 2.33. The lowest BCUT2D eigenvalue weighted by atomic mass is 9.95. The van der Waals surface area contributed by atoms with Gasteiger partial charge in [-0.25, -0.2) is 0 Å². The Hall–Kier alpha value is -1.72. The Bertz CT molecular complexity index is 640. The number of rotatable bonds is 4. The van der Waals surface area contributed by atoms with E-state index in [0.717, 1.165) is 17.8 Å². The Kier molecular flexibility index (Phi) is 4.55. The molecule has 2 aromatic rings. The molecule has 5 heteroatoms. The molecule has 0 unspecified atom stereocenters. The molecule has 1 amide bonds. The molecule has 0 radical (unpaired) electrons. The fourth-order valence-electron chi connectivity index (χ4n) is 3.19. The van der Waals surface area contributed by atoms with Crippen molar-refractivity contribution in [3.63, 3.8) is 0 Å². The quantitative estimate of drug-likeness (QED) is 0.943. The lowest BCUT2D eigenvalue weighted by molar-refractivity contribution is 0.0947. The molecule has 1 N–H and O–H groups in total. The first-order valence-corrected chi connectivity index (χ1v) is 8.41. The Balaban J connectivity index is 1.65. The van der Waals surface area contributed by atoms with E-state index in [1.807, 2.05) is 31.3 Å². The highest BCUT2D eigenvalue weighted by molar-refractivity contribution is 7.13. The fraction of sp³-hybridized carbons (Fsp3) is 0.412. The predicted octanol–water partition coefficient (Wildman–Crippen LogP) is 2.87. The van der Waals surface area contributed by atoms with Crippen molar-refractivity contribution in [2.24, 2.45) is 5.92 Å². The van der Waals surface area contributed by atoms with Crippen molar-refractivity contribution < 1.29 is 4.79 Å². The minimum Gasteiger partial charge on any atom is -0.351 e. The Morgan fingerprint density at radius 3 is 3.00 bits per heavy atom. The fourth-order valence-corrected chi connectivity index (χ4v) is 3.97.